The van der Waals surface area contributed by atoms with Crippen LogP contribution >= 0.6 is 0 Å². The van der Waals surface area contributed by atoms with Crippen molar-refractivity contribution in [2.24, 2.45) is 5.73 Å². The summed E-state index contributed by atoms with van der Waals surface area (Å²) in [4.78, 5) is 10.2. The van der Waals surface area contributed by atoms with Crippen LogP contribution in [-0.2, 0) is 0 Å². The van der Waals surface area contributed by atoms with Crippen molar-refractivity contribution in [2.75, 3.05) is 0 Å². The number of rotatable bonds is 2. The number of nitro groups is 1. The molecule has 0 saturated carbocycles. The summed E-state index contributed by atoms with van der Waals surface area (Å²) in [5, 5.41) is 11.4. The van der Waals surface area contributed by atoms with Crippen molar-refractivity contribution < 1.29 is 18.1 Å². The molecule has 2 aromatic carbocycles. The van der Waals surface area contributed by atoms with Crippen molar-refractivity contribution in [3.63, 3.8) is 0 Å². The molecule has 0 aliphatic heterocycles. The molecule has 1 atom stereocenters. The molecule has 7 heteroatoms. The molecule has 4 nitrogen and oxygen atoms in total. The van der Waals surface area contributed by atoms with Crippen LogP contribution in [0, 0.1) is 10.1 Å². The molecule has 100 valence electrons. The molecule has 0 spiro atoms. The van der Waals surface area contributed by atoms with Crippen molar-refractivity contribution in [2.45, 2.75) is 12.2 Å². The molecule has 0 saturated heterocycles. The van der Waals surface area contributed by atoms with Crippen molar-refractivity contribution in [3.8, 4) is 0 Å². The van der Waals surface area contributed by atoms with Gasteiger partial charge < -0.3 is 5.73 Å². The van der Waals surface area contributed by atoms with E-state index in [1.54, 1.807) is 0 Å². The molecular formula is C12H9F3N2O2. The first kappa shape index (κ1) is 13.3. The molecule has 0 bridgehead atoms. The van der Waals surface area contributed by atoms with E-state index in [4.69, 9.17) is 5.73 Å². The second-order valence-corrected chi connectivity index (χ2v) is 4.03. The van der Waals surface area contributed by atoms with Crippen LogP contribution in [0.2, 0.25) is 0 Å². The molecule has 0 unspecified atom stereocenters. The lowest BCUT2D eigenvalue weighted by molar-refractivity contribution is -0.383. The summed E-state index contributed by atoms with van der Waals surface area (Å²) in [5.74, 6) is 0. The highest BCUT2D eigenvalue weighted by atomic mass is 19.4. The van der Waals surface area contributed by atoms with Gasteiger partial charge >= 0.3 is 6.18 Å². The van der Waals surface area contributed by atoms with Gasteiger partial charge in [-0.2, -0.15) is 13.2 Å². The third-order valence-electron chi connectivity index (χ3n) is 2.79. The highest BCUT2D eigenvalue weighted by Gasteiger charge is 2.37. The van der Waals surface area contributed by atoms with Gasteiger partial charge in [0, 0.05) is 6.07 Å². The maximum atomic E-state index is 12.5. The first-order valence-electron chi connectivity index (χ1n) is 5.30. The highest BCUT2D eigenvalue weighted by Crippen LogP contribution is 2.33. The normalized spacial score (nSPS) is 13.5. The van der Waals surface area contributed by atoms with E-state index in [1.807, 2.05) is 0 Å². The van der Waals surface area contributed by atoms with Crippen molar-refractivity contribution in [1.82, 2.24) is 0 Å². The third-order valence-corrected chi connectivity index (χ3v) is 2.79. The van der Waals surface area contributed by atoms with Crippen LogP contribution in [0.4, 0.5) is 18.9 Å². The van der Waals surface area contributed by atoms with Crippen LogP contribution in [0.15, 0.2) is 36.4 Å². The number of hydrogen-bond acceptors (Lipinski definition) is 3. The average molecular weight is 270 g/mol. The standard InChI is InChI=1S/C12H9F3N2O2/c13-12(14,15)11(16)8-4-5-9-7(6-8)2-1-3-10(9)17(18)19/h1-6,11H,16H2/t11-/m0/s1. The van der Waals surface area contributed by atoms with E-state index < -0.39 is 17.1 Å². The van der Waals surface area contributed by atoms with Crippen molar-refractivity contribution >= 4 is 16.5 Å². The molecule has 2 aromatic rings. The molecule has 0 aliphatic carbocycles. The van der Waals surface area contributed by atoms with Gasteiger partial charge in [-0.05, 0) is 23.1 Å². The molecule has 2 rings (SSSR count). The first-order valence-corrected chi connectivity index (χ1v) is 5.30. The predicted octanol–water partition coefficient (Wildman–Crippen LogP) is 3.31. The molecule has 19 heavy (non-hydrogen) atoms. The minimum atomic E-state index is -4.55. The van der Waals surface area contributed by atoms with Gasteiger partial charge in [-0.3, -0.25) is 10.1 Å². The Hall–Kier alpha value is -2.15. The monoisotopic (exact) mass is 270 g/mol. The van der Waals surface area contributed by atoms with Gasteiger partial charge in [0.2, 0.25) is 0 Å². The maximum absolute atomic E-state index is 12.5. The summed E-state index contributed by atoms with van der Waals surface area (Å²) in [6.07, 6.45) is -4.55. The topological polar surface area (TPSA) is 69.2 Å². The molecule has 0 fully saturated rings. The van der Waals surface area contributed by atoms with E-state index in [1.165, 1.54) is 30.3 Å². The molecule has 0 radical (unpaired) electrons. The zero-order valence-electron chi connectivity index (χ0n) is 9.52. The van der Waals surface area contributed by atoms with Gasteiger partial charge in [-0.25, -0.2) is 0 Å². The van der Waals surface area contributed by atoms with E-state index in [2.05, 4.69) is 0 Å². The van der Waals surface area contributed by atoms with Crippen LogP contribution in [0.5, 0.6) is 0 Å². The molecule has 0 aromatic heterocycles. The number of alkyl halides is 3. The summed E-state index contributed by atoms with van der Waals surface area (Å²) in [6.45, 7) is 0. The zero-order valence-corrected chi connectivity index (χ0v) is 9.52. The highest BCUT2D eigenvalue weighted by molar-refractivity contribution is 5.91. The van der Waals surface area contributed by atoms with Crippen LogP contribution in [0.25, 0.3) is 10.8 Å². The smallest absolute Gasteiger partial charge is 0.316 e. The Balaban J connectivity index is 2.57. The van der Waals surface area contributed by atoms with E-state index in [0.717, 1.165) is 6.07 Å². The summed E-state index contributed by atoms with van der Waals surface area (Å²) < 4.78 is 37.5. The number of fused-ring (bicyclic) bond motifs is 1. The molecule has 0 aliphatic rings. The van der Waals surface area contributed by atoms with Crippen LogP contribution in [-0.4, -0.2) is 11.1 Å². The lowest BCUT2D eigenvalue weighted by atomic mass is 10.0. The lowest BCUT2D eigenvalue weighted by Gasteiger charge is -2.16. The number of hydrogen-bond donors (Lipinski definition) is 1. The van der Waals surface area contributed by atoms with Gasteiger partial charge in [0.1, 0.15) is 6.04 Å². The Kier molecular flexibility index (Phi) is 3.15. The van der Waals surface area contributed by atoms with Gasteiger partial charge in [-0.1, -0.05) is 18.2 Å². The summed E-state index contributed by atoms with van der Waals surface area (Å²) in [7, 11) is 0. The fourth-order valence-corrected chi connectivity index (χ4v) is 1.83. The summed E-state index contributed by atoms with van der Waals surface area (Å²) in [6, 6.07) is 5.79. The predicted molar refractivity (Wildman–Crippen MR) is 63.6 cm³/mol. The Morgan fingerprint density at radius 1 is 1.21 bits per heavy atom. The van der Waals surface area contributed by atoms with Crippen LogP contribution in [0.1, 0.15) is 11.6 Å². The summed E-state index contributed by atoms with van der Waals surface area (Å²) in [5.41, 5.74) is 4.83. The minimum Gasteiger partial charge on any atom is -0.316 e. The second kappa shape index (κ2) is 4.51. The quantitative estimate of drug-likeness (QED) is 0.672. The van der Waals surface area contributed by atoms with E-state index in [-0.39, 0.29) is 16.6 Å². The Labute approximate surface area is 105 Å². The Bertz CT molecular complexity index is 640. The summed E-state index contributed by atoms with van der Waals surface area (Å²) >= 11 is 0. The number of halogens is 3. The second-order valence-electron chi connectivity index (χ2n) is 4.03. The molecule has 0 amide bonds. The third kappa shape index (κ3) is 2.50. The van der Waals surface area contributed by atoms with Crippen molar-refractivity contribution in [1.29, 1.82) is 0 Å². The van der Waals surface area contributed by atoms with Gasteiger partial charge in [-0.15, -0.1) is 0 Å². The number of nitrogens with two attached hydrogens (primary N) is 1. The van der Waals surface area contributed by atoms with E-state index in [9.17, 15) is 23.3 Å². The zero-order chi connectivity index (χ0) is 14.2. The maximum Gasteiger partial charge on any atom is 0.407 e. The van der Waals surface area contributed by atoms with Gasteiger partial charge in [0.15, 0.2) is 0 Å². The number of non-ortho nitro benzene ring substituents is 1. The van der Waals surface area contributed by atoms with Crippen LogP contribution in [0.3, 0.4) is 0 Å². The minimum absolute atomic E-state index is 0.125. The fraction of sp³-hybridized carbons (Fsp3) is 0.167. The lowest BCUT2D eigenvalue weighted by Crippen LogP contribution is -2.28. The first-order chi connectivity index (χ1) is 8.80. The Morgan fingerprint density at radius 2 is 1.89 bits per heavy atom. The fourth-order valence-electron chi connectivity index (χ4n) is 1.83. The number of nitro benzene ring substituents is 1. The van der Waals surface area contributed by atoms with Crippen molar-refractivity contribution in [3.05, 3.63) is 52.1 Å². The largest absolute Gasteiger partial charge is 0.407 e. The van der Waals surface area contributed by atoms with E-state index >= 15 is 0 Å². The van der Waals surface area contributed by atoms with Crippen LogP contribution < -0.4 is 5.73 Å². The average Bonchev–Trinajstić information content (AvgIpc) is 2.35. The number of benzene rings is 2. The number of nitrogens with zero attached hydrogens (tertiary/aromatic N) is 1. The SMILES string of the molecule is N[C@@H](c1ccc2c([N+](=O)[O-])cccc2c1)C(F)(F)F. The van der Waals surface area contributed by atoms with Gasteiger partial charge in [0.25, 0.3) is 5.69 Å². The van der Waals surface area contributed by atoms with E-state index in [0.29, 0.717) is 5.39 Å². The Morgan fingerprint density at radius 3 is 2.47 bits per heavy atom. The molecular weight excluding hydrogens is 261 g/mol. The molecule has 2 N–H and O–H groups in total. The molecule has 0 heterocycles. The van der Waals surface area contributed by atoms with Gasteiger partial charge in [0.05, 0.1) is 10.3 Å².